The Labute approximate surface area is 210 Å². The maximum Gasteiger partial charge on any atom is 0.260 e. The number of hydrogen-bond donors (Lipinski definition) is 1. The van der Waals surface area contributed by atoms with Crippen LogP contribution in [0.4, 0.5) is 5.69 Å². The van der Waals surface area contributed by atoms with E-state index in [1.807, 2.05) is 43.5 Å². The summed E-state index contributed by atoms with van der Waals surface area (Å²) in [6.07, 6.45) is 2.59. The number of aromatic nitrogens is 1. The van der Waals surface area contributed by atoms with Crippen molar-refractivity contribution in [2.24, 2.45) is 5.10 Å². The number of hydrazone groups is 1. The van der Waals surface area contributed by atoms with Crippen molar-refractivity contribution < 1.29 is 13.2 Å². The monoisotopic (exact) mass is 520 g/mol. The summed E-state index contributed by atoms with van der Waals surface area (Å²) < 4.78 is 27.7. The summed E-state index contributed by atoms with van der Waals surface area (Å²) in [5, 5.41) is 5.10. The molecule has 0 aliphatic carbocycles. The molecule has 0 aliphatic heterocycles. The second kappa shape index (κ2) is 10.2. The first-order chi connectivity index (χ1) is 15.9. The minimum absolute atomic E-state index is 0.389. The van der Waals surface area contributed by atoms with Crippen LogP contribution < -0.4 is 9.73 Å². The van der Waals surface area contributed by atoms with Crippen LogP contribution in [0.3, 0.4) is 0 Å². The van der Waals surface area contributed by atoms with Gasteiger partial charge in [0.15, 0.2) is 0 Å². The number of carbonyl (C=O) groups excluding carboxylic acids is 1. The number of amides is 1. The van der Waals surface area contributed by atoms with Gasteiger partial charge >= 0.3 is 0 Å². The molecule has 1 aromatic heterocycles. The van der Waals surface area contributed by atoms with Crippen molar-refractivity contribution in [1.29, 1.82) is 0 Å². The summed E-state index contributed by atoms with van der Waals surface area (Å²) in [6.45, 7) is 7.17. The first-order valence-corrected chi connectivity index (χ1v) is 13.0. The minimum Gasteiger partial charge on any atom is -0.316 e. The SMILES string of the molecule is Cc1ccc(N(CC(=O)N/N=C\c2cc(C)n(-c3ccc(Cl)cc3Cl)c2C)S(C)(=O)=O)c(C)c1. The van der Waals surface area contributed by atoms with Gasteiger partial charge < -0.3 is 4.57 Å². The zero-order valence-corrected chi connectivity index (χ0v) is 21.9. The molecule has 0 fully saturated rings. The normalized spacial score (nSPS) is 11.7. The van der Waals surface area contributed by atoms with Crippen LogP contribution in [0.25, 0.3) is 5.69 Å². The van der Waals surface area contributed by atoms with Crippen LogP contribution in [0.5, 0.6) is 0 Å². The van der Waals surface area contributed by atoms with Crippen molar-refractivity contribution in [3.8, 4) is 5.69 Å². The third kappa shape index (κ3) is 5.81. The topological polar surface area (TPSA) is 83.8 Å². The molecule has 0 atom stereocenters. The largest absolute Gasteiger partial charge is 0.316 e. The summed E-state index contributed by atoms with van der Waals surface area (Å²) in [5.41, 5.74) is 7.98. The average molecular weight is 521 g/mol. The third-order valence-corrected chi connectivity index (χ3v) is 6.99. The van der Waals surface area contributed by atoms with Gasteiger partial charge in [0.05, 0.1) is 28.9 Å². The van der Waals surface area contributed by atoms with E-state index in [4.69, 9.17) is 23.2 Å². The third-order valence-electron chi connectivity index (χ3n) is 5.32. The Balaban J connectivity index is 1.78. The van der Waals surface area contributed by atoms with Crippen molar-refractivity contribution >= 4 is 51.0 Å². The van der Waals surface area contributed by atoms with E-state index in [9.17, 15) is 13.2 Å². The van der Waals surface area contributed by atoms with Crippen LogP contribution in [0.15, 0.2) is 47.6 Å². The van der Waals surface area contributed by atoms with Crippen LogP contribution in [0.1, 0.15) is 28.1 Å². The van der Waals surface area contributed by atoms with Crippen LogP contribution in [-0.2, 0) is 14.8 Å². The molecule has 34 heavy (non-hydrogen) atoms. The van der Waals surface area contributed by atoms with Crippen LogP contribution in [0.2, 0.25) is 10.0 Å². The molecule has 10 heteroatoms. The first-order valence-electron chi connectivity index (χ1n) is 10.4. The molecule has 7 nitrogen and oxygen atoms in total. The fourth-order valence-corrected chi connectivity index (χ4v) is 5.16. The number of halogens is 2. The zero-order chi connectivity index (χ0) is 25.2. The Morgan fingerprint density at radius 3 is 2.41 bits per heavy atom. The van der Waals surface area contributed by atoms with Crippen molar-refractivity contribution in [1.82, 2.24) is 9.99 Å². The Hall–Kier alpha value is -2.81. The van der Waals surface area contributed by atoms with Gasteiger partial charge in [-0.15, -0.1) is 0 Å². The fourth-order valence-electron chi connectivity index (χ4n) is 3.76. The lowest BCUT2D eigenvalue weighted by Crippen LogP contribution is -2.39. The lowest BCUT2D eigenvalue weighted by Gasteiger charge is -2.23. The van der Waals surface area contributed by atoms with Gasteiger partial charge in [0.1, 0.15) is 6.54 Å². The Morgan fingerprint density at radius 1 is 1.09 bits per heavy atom. The number of hydrogen-bond acceptors (Lipinski definition) is 4. The van der Waals surface area contributed by atoms with E-state index in [1.165, 1.54) is 6.21 Å². The number of nitrogens with one attached hydrogen (secondary N) is 1. The van der Waals surface area contributed by atoms with Gasteiger partial charge in [0.25, 0.3) is 5.91 Å². The number of nitrogens with zero attached hydrogens (tertiary/aromatic N) is 3. The highest BCUT2D eigenvalue weighted by Crippen LogP contribution is 2.28. The van der Waals surface area contributed by atoms with Gasteiger partial charge in [-0.05, 0) is 63.6 Å². The van der Waals surface area contributed by atoms with Crippen molar-refractivity contribution in [2.45, 2.75) is 27.7 Å². The lowest BCUT2D eigenvalue weighted by atomic mass is 10.1. The molecule has 1 heterocycles. The van der Waals surface area contributed by atoms with E-state index in [2.05, 4.69) is 10.5 Å². The Bertz CT molecular complexity index is 1380. The lowest BCUT2D eigenvalue weighted by molar-refractivity contribution is -0.119. The maximum atomic E-state index is 12.5. The van der Waals surface area contributed by atoms with E-state index < -0.39 is 15.9 Å². The summed E-state index contributed by atoms with van der Waals surface area (Å²) in [6, 6.07) is 12.5. The van der Waals surface area contributed by atoms with E-state index in [0.717, 1.165) is 44.3 Å². The second-order valence-electron chi connectivity index (χ2n) is 8.11. The molecule has 2 aromatic carbocycles. The van der Waals surface area contributed by atoms with Crippen molar-refractivity contribution in [3.05, 3.63) is 80.6 Å². The number of benzene rings is 2. The van der Waals surface area contributed by atoms with Gasteiger partial charge in [-0.3, -0.25) is 9.10 Å². The first kappa shape index (κ1) is 25.8. The molecule has 3 aromatic rings. The summed E-state index contributed by atoms with van der Waals surface area (Å²) in [5.74, 6) is -0.559. The van der Waals surface area contributed by atoms with Crippen LogP contribution in [-0.4, -0.2) is 37.9 Å². The molecule has 0 saturated carbocycles. The van der Waals surface area contributed by atoms with Crippen LogP contribution >= 0.6 is 23.2 Å². The summed E-state index contributed by atoms with van der Waals surface area (Å²) >= 11 is 12.4. The molecule has 0 spiro atoms. The Morgan fingerprint density at radius 2 is 1.79 bits per heavy atom. The molecule has 0 unspecified atom stereocenters. The minimum atomic E-state index is -3.68. The Kier molecular flexibility index (Phi) is 7.75. The maximum absolute atomic E-state index is 12.5. The predicted molar refractivity (Wildman–Crippen MR) is 139 cm³/mol. The van der Waals surface area contributed by atoms with Crippen molar-refractivity contribution in [3.63, 3.8) is 0 Å². The standard InChI is InChI=1S/C24H26Cl2N4O3S/c1-15-6-8-22(16(2)10-15)29(34(5,32)33)14-24(31)28-27-13-19-11-17(3)30(18(19)4)23-9-7-20(25)12-21(23)26/h6-13H,14H2,1-5H3,(H,28,31)/b27-13-. The average Bonchev–Trinajstić information content (AvgIpc) is 2.99. The van der Waals surface area contributed by atoms with Gasteiger partial charge in [-0.1, -0.05) is 40.9 Å². The van der Waals surface area contributed by atoms with E-state index >= 15 is 0 Å². The second-order valence-corrected chi connectivity index (χ2v) is 10.9. The van der Waals surface area contributed by atoms with Gasteiger partial charge in [-0.25, -0.2) is 13.8 Å². The molecule has 0 saturated heterocycles. The molecule has 180 valence electrons. The summed E-state index contributed by atoms with van der Waals surface area (Å²) in [7, 11) is -3.68. The quantitative estimate of drug-likeness (QED) is 0.353. The fraction of sp³-hybridized carbons (Fsp3) is 0.250. The number of aryl methyl sites for hydroxylation is 3. The highest BCUT2D eigenvalue weighted by Gasteiger charge is 2.22. The number of anilines is 1. The van der Waals surface area contributed by atoms with Gasteiger partial charge in [-0.2, -0.15) is 5.10 Å². The highest BCUT2D eigenvalue weighted by molar-refractivity contribution is 7.92. The zero-order valence-electron chi connectivity index (χ0n) is 19.6. The smallest absolute Gasteiger partial charge is 0.260 e. The molecule has 0 radical (unpaired) electrons. The molecule has 1 N–H and O–H groups in total. The molecule has 0 bridgehead atoms. The van der Waals surface area contributed by atoms with Crippen molar-refractivity contribution in [2.75, 3.05) is 17.1 Å². The van der Waals surface area contributed by atoms with Gasteiger partial charge in [0.2, 0.25) is 10.0 Å². The number of sulfonamides is 1. The van der Waals surface area contributed by atoms with E-state index in [0.29, 0.717) is 15.7 Å². The molecular formula is C24H26Cl2N4O3S. The molecule has 0 aliphatic rings. The van der Waals surface area contributed by atoms with Crippen LogP contribution in [0, 0.1) is 27.7 Å². The highest BCUT2D eigenvalue weighted by atomic mass is 35.5. The van der Waals surface area contributed by atoms with Gasteiger partial charge in [0, 0.05) is 22.0 Å². The predicted octanol–water partition coefficient (Wildman–Crippen LogP) is 4.93. The van der Waals surface area contributed by atoms with E-state index in [-0.39, 0.29) is 6.54 Å². The molecular weight excluding hydrogens is 495 g/mol. The number of rotatable bonds is 7. The summed E-state index contributed by atoms with van der Waals surface area (Å²) in [4.78, 5) is 12.5. The molecule has 1 amide bonds. The van der Waals surface area contributed by atoms with E-state index in [1.54, 1.807) is 31.2 Å². The molecule has 3 rings (SSSR count). The number of carbonyl (C=O) groups is 1.